The maximum atomic E-state index is 10.3. The van der Waals surface area contributed by atoms with E-state index >= 15 is 0 Å². The zero-order valence-electron chi connectivity index (χ0n) is 9.31. The van der Waals surface area contributed by atoms with E-state index in [1.807, 2.05) is 19.1 Å². The van der Waals surface area contributed by atoms with Gasteiger partial charge in [0, 0.05) is 6.42 Å². The molecule has 0 atom stereocenters. The third-order valence-corrected chi connectivity index (χ3v) is 2.35. The van der Waals surface area contributed by atoms with Gasteiger partial charge in [-0.1, -0.05) is 18.2 Å². The Morgan fingerprint density at radius 3 is 2.81 bits per heavy atom. The maximum absolute atomic E-state index is 10.3. The third kappa shape index (κ3) is 4.17. The van der Waals surface area contributed by atoms with Gasteiger partial charge in [0.1, 0.15) is 5.75 Å². The minimum atomic E-state index is -0.761. The lowest BCUT2D eigenvalue weighted by Crippen LogP contribution is -1.92. The van der Waals surface area contributed by atoms with Crippen molar-refractivity contribution in [1.82, 2.24) is 0 Å². The fourth-order valence-electron chi connectivity index (χ4n) is 1.44. The molecule has 0 fully saturated rings. The van der Waals surface area contributed by atoms with Gasteiger partial charge in [-0.2, -0.15) is 0 Å². The number of allylic oxidation sites excluding steroid dienone is 2. The molecule has 0 aliphatic carbocycles. The number of phenolic OH excluding ortho intramolecular Hbond substituents is 1. The second-order valence-corrected chi connectivity index (χ2v) is 3.72. The normalized spacial score (nSPS) is 11.4. The first-order valence-corrected chi connectivity index (χ1v) is 5.27. The molecule has 3 nitrogen and oxygen atoms in total. The molecule has 0 spiro atoms. The molecule has 0 bridgehead atoms. The summed E-state index contributed by atoms with van der Waals surface area (Å²) in [5.74, 6) is -0.515. The van der Waals surface area contributed by atoms with Crippen LogP contribution in [0, 0.1) is 0 Å². The zero-order chi connectivity index (χ0) is 12.0. The molecule has 0 saturated carbocycles. The number of carboxylic acids is 1. The average Bonchev–Trinajstić information content (AvgIpc) is 2.24. The van der Waals surface area contributed by atoms with Crippen molar-refractivity contribution < 1.29 is 15.0 Å². The molecule has 0 radical (unpaired) electrons. The van der Waals surface area contributed by atoms with Crippen LogP contribution in [-0.2, 0) is 4.79 Å². The molecular formula is C13H16O3. The number of carboxylic acid groups (broad SMARTS) is 1. The van der Waals surface area contributed by atoms with Crippen LogP contribution in [0.4, 0.5) is 0 Å². The molecule has 0 aliphatic rings. The van der Waals surface area contributed by atoms with E-state index in [2.05, 4.69) is 0 Å². The molecule has 0 aromatic heterocycles. The van der Waals surface area contributed by atoms with Crippen molar-refractivity contribution in [1.29, 1.82) is 0 Å². The summed E-state index contributed by atoms with van der Waals surface area (Å²) in [7, 11) is 0. The van der Waals surface area contributed by atoms with Crippen LogP contribution in [0.2, 0.25) is 0 Å². The molecule has 0 saturated heterocycles. The molecule has 3 heteroatoms. The summed E-state index contributed by atoms with van der Waals surface area (Å²) in [5, 5.41) is 17.8. The van der Waals surface area contributed by atoms with E-state index in [0.29, 0.717) is 6.42 Å². The van der Waals surface area contributed by atoms with Gasteiger partial charge in [-0.25, -0.2) is 0 Å². The van der Waals surface area contributed by atoms with Crippen LogP contribution < -0.4 is 0 Å². The lowest BCUT2D eigenvalue weighted by molar-refractivity contribution is -0.137. The van der Waals surface area contributed by atoms with Gasteiger partial charge in [0.2, 0.25) is 0 Å². The van der Waals surface area contributed by atoms with Gasteiger partial charge in [-0.05, 0) is 43.0 Å². The number of benzene rings is 1. The highest BCUT2D eigenvalue weighted by Crippen LogP contribution is 2.19. The van der Waals surface area contributed by atoms with E-state index in [1.54, 1.807) is 18.2 Å². The van der Waals surface area contributed by atoms with Crippen LogP contribution in [0.5, 0.6) is 5.75 Å². The summed E-state index contributed by atoms with van der Waals surface area (Å²) in [4.78, 5) is 10.3. The number of hydrogen-bond acceptors (Lipinski definition) is 2. The van der Waals surface area contributed by atoms with Gasteiger partial charge < -0.3 is 10.2 Å². The number of aromatic hydroxyl groups is 1. The van der Waals surface area contributed by atoms with E-state index in [4.69, 9.17) is 5.11 Å². The molecule has 86 valence electrons. The molecule has 1 aromatic rings. The number of unbranched alkanes of at least 4 members (excludes halogenated alkanes) is 1. The van der Waals surface area contributed by atoms with Crippen molar-refractivity contribution in [2.24, 2.45) is 0 Å². The van der Waals surface area contributed by atoms with Crippen molar-refractivity contribution >= 4 is 11.5 Å². The minimum Gasteiger partial charge on any atom is -0.508 e. The molecule has 16 heavy (non-hydrogen) atoms. The summed E-state index contributed by atoms with van der Waals surface area (Å²) >= 11 is 0. The van der Waals surface area contributed by atoms with Crippen molar-refractivity contribution in [3.05, 3.63) is 35.9 Å². The second kappa shape index (κ2) is 5.95. The number of aliphatic carboxylic acids is 1. The molecular weight excluding hydrogens is 204 g/mol. The predicted molar refractivity (Wildman–Crippen MR) is 63.2 cm³/mol. The first-order chi connectivity index (χ1) is 7.59. The Morgan fingerprint density at radius 2 is 2.19 bits per heavy atom. The van der Waals surface area contributed by atoms with Crippen molar-refractivity contribution in [2.45, 2.75) is 26.2 Å². The number of carbonyl (C=O) groups is 1. The SMILES string of the molecule is C/C(=C/CCCC(=O)O)c1cccc(O)c1. The monoisotopic (exact) mass is 220 g/mol. The first-order valence-electron chi connectivity index (χ1n) is 5.27. The Balaban J connectivity index is 2.53. The second-order valence-electron chi connectivity index (χ2n) is 3.72. The van der Waals surface area contributed by atoms with Crippen molar-refractivity contribution in [2.75, 3.05) is 0 Å². The molecule has 2 N–H and O–H groups in total. The number of phenols is 1. The maximum Gasteiger partial charge on any atom is 0.303 e. The lowest BCUT2D eigenvalue weighted by atomic mass is 10.1. The Labute approximate surface area is 95.0 Å². The third-order valence-electron chi connectivity index (χ3n) is 2.35. The summed E-state index contributed by atoms with van der Waals surface area (Å²) < 4.78 is 0. The van der Waals surface area contributed by atoms with Crippen molar-refractivity contribution in [3.8, 4) is 5.75 Å². The largest absolute Gasteiger partial charge is 0.508 e. The Hall–Kier alpha value is -1.77. The average molecular weight is 220 g/mol. The first kappa shape index (κ1) is 12.3. The summed E-state index contributed by atoms with van der Waals surface area (Å²) in [6.07, 6.45) is 3.58. The number of hydrogen-bond donors (Lipinski definition) is 2. The standard InChI is InChI=1S/C13H16O3/c1-10(5-2-3-8-13(15)16)11-6-4-7-12(14)9-11/h4-7,9,14H,2-3,8H2,1H3,(H,15,16)/b10-5-. The van der Waals surface area contributed by atoms with Gasteiger partial charge in [0.05, 0.1) is 0 Å². The Morgan fingerprint density at radius 1 is 1.44 bits per heavy atom. The van der Waals surface area contributed by atoms with E-state index < -0.39 is 5.97 Å². The van der Waals surface area contributed by atoms with Crippen molar-refractivity contribution in [3.63, 3.8) is 0 Å². The molecule has 0 amide bonds. The zero-order valence-corrected chi connectivity index (χ0v) is 9.31. The van der Waals surface area contributed by atoms with Gasteiger partial charge in [0.25, 0.3) is 0 Å². The minimum absolute atomic E-state index is 0.198. The van der Waals surface area contributed by atoms with E-state index in [9.17, 15) is 9.90 Å². The Kier molecular flexibility index (Phi) is 4.58. The van der Waals surface area contributed by atoms with Gasteiger partial charge >= 0.3 is 5.97 Å². The van der Waals surface area contributed by atoms with Gasteiger partial charge in [0.15, 0.2) is 0 Å². The van der Waals surface area contributed by atoms with Gasteiger partial charge in [-0.3, -0.25) is 4.79 Å². The lowest BCUT2D eigenvalue weighted by Gasteiger charge is -2.02. The van der Waals surface area contributed by atoms with Crippen LogP contribution in [0.1, 0.15) is 31.7 Å². The Bertz CT molecular complexity index is 394. The summed E-state index contributed by atoms with van der Waals surface area (Å²) in [6, 6.07) is 7.03. The van der Waals surface area contributed by atoms with E-state index in [-0.39, 0.29) is 12.2 Å². The van der Waals surface area contributed by atoms with Gasteiger partial charge in [-0.15, -0.1) is 0 Å². The molecule has 0 unspecified atom stereocenters. The summed E-state index contributed by atoms with van der Waals surface area (Å²) in [6.45, 7) is 1.95. The topological polar surface area (TPSA) is 57.5 Å². The number of rotatable bonds is 5. The van der Waals surface area contributed by atoms with E-state index in [1.165, 1.54) is 0 Å². The van der Waals surface area contributed by atoms with Crippen LogP contribution in [0.25, 0.3) is 5.57 Å². The fraction of sp³-hybridized carbons (Fsp3) is 0.308. The summed E-state index contributed by atoms with van der Waals surface area (Å²) in [5.41, 5.74) is 2.02. The predicted octanol–water partition coefficient (Wildman–Crippen LogP) is 3.05. The highest BCUT2D eigenvalue weighted by Gasteiger charge is 1.98. The highest BCUT2D eigenvalue weighted by atomic mass is 16.4. The molecule has 1 rings (SSSR count). The van der Waals surface area contributed by atoms with Crippen LogP contribution in [-0.4, -0.2) is 16.2 Å². The molecule has 1 aromatic carbocycles. The fourth-order valence-corrected chi connectivity index (χ4v) is 1.44. The highest BCUT2D eigenvalue weighted by molar-refractivity contribution is 5.67. The molecule has 0 heterocycles. The van der Waals surface area contributed by atoms with Crippen LogP contribution >= 0.6 is 0 Å². The van der Waals surface area contributed by atoms with E-state index in [0.717, 1.165) is 17.6 Å². The smallest absolute Gasteiger partial charge is 0.303 e. The van der Waals surface area contributed by atoms with Crippen LogP contribution in [0.15, 0.2) is 30.3 Å². The molecule has 0 aliphatic heterocycles. The quantitative estimate of drug-likeness (QED) is 0.750. The van der Waals surface area contributed by atoms with Crippen LogP contribution in [0.3, 0.4) is 0 Å².